The van der Waals surface area contributed by atoms with E-state index in [-0.39, 0.29) is 5.57 Å². The summed E-state index contributed by atoms with van der Waals surface area (Å²) in [6, 6.07) is 3.68. The summed E-state index contributed by atoms with van der Waals surface area (Å²) in [6.45, 7) is 0. The molecule has 1 aliphatic heterocycles. The van der Waals surface area contributed by atoms with Crippen molar-refractivity contribution in [1.29, 1.82) is 0 Å². The maximum Gasteiger partial charge on any atom is 0.348 e. The van der Waals surface area contributed by atoms with Crippen LogP contribution in [0.4, 0.5) is 0 Å². The third-order valence-electron chi connectivity index (χ3n) is 3.90. The molecule has 0 bridgehead atoms. The number of esters is 2. The fourth-order valence-electron chi connectivity index (χ4n) is 2.81. The molecular formula is C16H14I2O5. The Balaban J connectivity index is 1.91. The van der Waals surface area contributed by atoms with Gasteiger partial charge in [-0.3, -0.25) is 0 Å². The lowest BCUT2D eigenvalue weighted by Gasteiger charge is -2.32. The average Bonchev–Trinajstić information content (AvgIpc) is 2.90. The van der Waals surface area contributed by atoms with E-state index in [1.165, 1.54) is 6.08 Å². The molecule has 0 N–H and O–H groups in total. The highest BCUT2D eigenvalue weighted by atomic mass is 127. The van der Waals surface area contributed by atoms with Crippen molar-refractivity contribution in [3.05, 3.63) is 30.4 Å². The zero-order valence-electron chi connectivity index (χ0n) is 12.4. The number of carbonyl (C=O) groups is 2. The van der Waals surface area contributed by atoms with E-state index in [0.29, 0.717) is 12.8 Å². The maximum absolute atomic E-state index is 12.2. The summed E-state index contributed by atoms with van der Waals surface area (Å²) >= 11 is 4.30. The van der Waals surface area contributed by atoms with E-state index < -0.39 is 17.7 Å². The first-order valence-electron chi connectivity index (χ1n) is 7.15. The molecule has 1 saturated heterocycles. The normalized spacial score (nSPS) is 19.5. The molecule has 0 aromatic heterocycles. The second kappa shape index (κ2) is 6.58. The van der Waals surface area contributed by atoms with E-state index in [1.54, 1.807) is 7.11 Å². The van der Waals surface area contributed by atoms with Crippen molar-refractivity contribution in [1.82, 2.24) is 0 Å². The van der Waals surface area contributed by atoms with Crippen LogP contribution in [-0.2, 0) is 19.1 Å². The van der Waals surface area contributed by atoms with Gasteiger partial charge in [0.1, 0.15) is 11.3 Å². The van der Waals surface area contributed by atoms with Gasteiger partial charge in [0.15, 0.2) is 0 Å². The minimum atomic E-state index is -1.03. The molecule has 2 aliphatic rings. The van der Waals surface area contributed by atoms with Crippen molar-refractivity contribution in [3.63, 3.8) is 0 Å². The number of hydrogen-bond donors (Lipinski definition) is 0. The van der Waals surface area contributed by atoms with Crippen molar-refractivity contribution >= 4 is 63.2 Å². The Morgan fingerprint density at radius 2 is 1.61 bits per heavy atom. The highest BCUT2D eigenvalue weighted by Crippen LogP contribution is 2.39. The van der Waals surface area contributed by atoms with Crippen LogP contribution < -0.4 is 4.74 Å². The highest BCUT2D eigenvalue weighted by molar-refractivity contribution is 14.1. The molecule has 1 aromatic carbocycles. The van der Waals surface area contributed by atoms with Crippen LogP contribution in [0.5, 0.6) is 5.75 Å². The summed E-state index contributed by atoms with van der Waals surface area (Å²) in [5.74, 6) is -1.48. The predicted molar refractivity (Wildman–Crippen MR) is 99.8 cm³/mol. The van der Waals surface area contributed by atoms with Crippen LogP contribution >= 0.6 is 45.2 Å². The van der Waals surface area contributed by atoms with Crippen molar-refractivity contribution in [2.24, 2.45) is 0 Å². The Morgan fingerprint density at radius 1 is 1.09 bits per heavy atom. The molecule has 122 valence electrons. The molecule has 7 heteroatoms. The number of benzene rings is 1. The van der Waals surface area contributed by atoms with E-state index >= 15 is 0 Å². The van der Waals surface area contributed by atoms with Crippen molar-refractivity contribution in [2.75, 3.05) is 7.11 Å². The van der Waals surface area contributed by atoms with Gasteiger partial charge >= 0.3 is 11.9 Å². The molecule has 0 radical (unpaired) electrons. The number of methoxy groups -OCH3 is 1. The van der Waals surface area contributed by atoms with E-state index in [2.05, 4.69) is 45.2 Å². The zero-order valence-corrected chi connectivity index (χ0v) is 16.7. The molecular weight excluding hydrogens is 526 g/mol. The summed E-state index contributed by atoms with van der Waals surface area (Å²) in [5.41, 5.74) is 0.658. The van der Waals surface area contributed by atoms with Crippen molar-refractivity contribution in [3.8, 4) is 5.75 Å². The molecule has 0 amide bonds. The standard InChI is InChI=1S/C16H14I2O5/c1-21-13-11(17)7-9(8-12(13)18)6-10-14(19)22-16(23-15(10)20)4-2-3-5-16/h6-8H,2-5H2,1H3. The predicted octanol–water partition coefficient (Wildman–Crippen LogP) is 3.66. The van der Waals surface area contributed by atoms with E-state index in [0.717, 1.165) is 31.3 Å². The number of hydrogen-bond acceptors (Lipinski definition) is 5. The minimum absolute atomic E-state index is 0.0701. The molecule has 0 atom stereocenters. The van der Waals surface area contributed by atoms with Gasteiger partial charge in [-0.05, 0) is 81.8 Å². The lowest BCUT2D eigenvalue weighted by Crippen LogP contribution is -2.44. The summed E-state index contributed by atoms with van der Waals surface area (Å²) in [7, 11) is 1.61. The maximum atomic E-state index is 12.2. The molecule has 1 saturated carbocycles. The topological polar surface area (TPSA) is 61.8 Å². The first kappa shape index (κ1) is 17.0. The van der Waals surface area contributed by atoms with Gasteiger partial charge in [-0.2, -0.15) is 0 Å². The van der Waals surface area contributed by atoms with Crippen LogP contribution in [0, 0.1) is 7.14 Å². The van der Waals surface area contributed by atoms with Gasteiger partial charge in [-0.25, -0.2) is 9.59 Å². The molecule has 23 heavy (non-hydrogen) atoms. The fraction of sp³-hybridized carbons (Fsp3) is 0.375. The largest absolute Gasteiger partial charge is 0.495 e. The molecule has 1 spiro atoms. The summed E-state index contributed by atoms with van der Waals surface area (Å²) < 4.78 is 17.9. The molecule has 1 aromatic rings. The van der Waals surface area contributed by atoms with Crippen molar-refractivity contribution in [2.45, 2.75) is 31.5 Å². The quantitative estimate of drug-likeness (QED) is 0.248. The van der Waals surface area contributed by atoms with Crippen LogP contribution in [0.25, 0.3) is 6.08 Å². The molecule has 2 fully saturated rings. The smallest absolute Gasteiger partial charge is 0.348 e. The summed E-state index contributed by atoms with van der Waals surface area (Å²) in [6.07, 6.45) is 4.46. The summed E-state index contributed by atoms with van der Waals surface area (Å²) in [5, 5.41) is 0. The van der Waals surface area contributed by atoms with E-state index in [1.807, 2.05) is 12.1 Å². The van der Waals surface area contributed by atoms with Gasteiger partial charge in [0, 0.05) is 12.8 Å². The third-order valence-corrected chi connectivity index (χ3v) is 5.50. The number of rotatable bonds is 2. The number of carbonyl (C=O) groups excluding carboxylic acids is 2. The zero-order chi connectivity index (χ0) is 16.6. The second-order valence-electron chi connectivity index (χ2n) is 5.47. The molecule has 1 heterocycles. The number of ether oxygens (including phenoxy) is 3. The summed E-state index contributed by atoms with van der Waals surface area (Å²) in [4.78, 5) is 24.5. The Morgan fingerprint density at radius 3 is 2.09 bits per heavy atom. The van der Waals surface area contributed by atoms with Crippen LogP contribution in [0.1, 0.15) is 31.2 Å². The van der Waals surface area contributed by atoms with E-state index in [9.17, 15) is 9.59 Å². The Kier molecular flexibility index (Phi) is 4.86. The van der Waals surface area contributed by atoms with Crippen molar-refractivity contribution < 1.29 is 23.8 Å². The fourth-order valence-corrected chi connectivity index (χ4v) is 5.07. The second-order valence-corrected chi connectivity index (χ2v) is 7.80. The number of halogens is 2. The van der Waals surface area contributed by atoms with Gasteiger partial charge in [-0.15, -0.1) is 0 Å². The molecule has 0 unspecified atom stereocenters. The molecule has 1 aliphatic carbocycles. The Bertz CT molecular complexity index is 659. The average molecular weight is 540 g/mol. The van der Waals surface area contributed by atoms with Crippen LogP contribution in [0.3, 0.4) is 0 Å². The van der Waals surface area contributed by atoms with Gasteiger partial charge in [0.25, 0.3) is 5.79 Å². The third kappa shape index (κ3) is 3.35. The first-order valence-corrected chi connectivity index (χ1v) is 9.31. The Hall–Kier alpha value is -0.840. The lowest BCUT2D eigenvalue weighted by molar-refractivity contribution is -0.232. The SMILES string of the molecule is COc1c(I)cc(C=C2C(=O)OC3(CCCC3)OC2=O)cc1I. The van der Waals surface area contributed by atoms with Crippen LogP contribution in [0.2, 0.25) is 0 Å². The van der Waals surface area contributed by atoms with Crippen LogP contribution in [0.15, 0.2) is 17.7 Å². The Labute approximate surface area is 161 Å². The first-order chi connectivity index (χ1) is 10.9. The van der Waals surface area contributed by atoms with Gasteiger partial charge in [0.2, 0.25) is 0 Å². The van der Waals surface area contributed by atoms with Crippen LogP contribution in [-0.4, -0.2) is 24.8 Å². The lowest BCUT2D eigenvalue weighted by atomic mass is 10.1. The molecule has 5 nitrogen and oxygen atoms in total. The molecule has 3 rings (SSSR count). The van der Waals surface area contributed by atoms with Gasteiger partial charge in [-0.1, -0.05) is 0 Å². The van der Waals surface area contributed by atoms with Gasteiger partial charge < -0.3 is 14.2 Å². The van der Waals surface area contributed by atoms with E-state index in [4.69, 9.17) is 14.2 Å². The minimum Gasteiger partial charge on any atom is -0.495 e. The van der Waals surface area contributed by atoms with Gasteiger partial charge in [0.05, 0.1) is 14.3 Å². The highest BCUT2D eigenvalue weighted by Gasteiger charge is 2.47. The monoisotopic (exact) mass is 540 g/mol.